The van der Waals surface area contributed by atoms with Gasteiger partial charge in [0.15, 0.2) is 0 Å². The van der Waals surface area contributed by atoms with Crippen LogP contribution in [0.4, 0.5) is 0 Å². The molecule has 164 valence electrons. The molecule has 0 saturated heterocycles. The lowest BCUT2D eigenvalue weighted by Gasteiger charge is -2.16. The third-order valence-corrected chi connectivity index (χ3v) is 4.74. The van der Waals surface area contributed by atoms with E-state index in [2.05, 4.69) is 10.6 Å². The molecule has 7 nitrogen and oxygen atoms in total. The summed E-state index contributed by atoms with van der Waals surface area (Å²) in [4.78, 5) is 36.1. The normalized spacial score (nSPS) is 11.2. The molecule has 3 aromatic rings. The second-order valence-corrected chi connectivity index (χ2v) is 7.19. The molecular formula is C25H25N3O4. The SMILES string of the molecule is NC(=O)[C@@H](Cc1ccc(OCc2ccccc2)cc1)NC(=O)CNC(=O)c1ccccc1. The van der Waals surface area contributed by atoms with Crippen molar-refractivity contribution in [2.45, 2.75) is 19.1 Å². The minimum absolute atomic E-state index is 0.229. The summed E-state index contributed by atoms with van der Waals surface area (Å²) >= 11 is 0. The maximum Gasteiger partial charge on any atom is 0.251 e. The standard InChI is InChI=1S/C25H25N3O4/c26-24(30)22(28-23(29)16-27-25(31)20-9-5-2-6-10-20)15-18-11-13-21(14-12-18)32-17-19-7-3-1-4-8-19/h1-14,22H,15-17H2,(H2,26,30)(H,27,31)(H,28,29)/t22-/m1/s1. The van der Waals surface area contributed by atoms with Gasteiger partial charge in [0.1, 0.15) is 18.4 Å². The first-order valence-electron chi connectivity index (χ1n) is 10.2. The Morgan fingerprint density at radius 1 is 0.812 bits per heavy atom. The van der Waals surface area contributed by atoms with Crippen LogP contribution in [0.1, 0.15) is 21.5 Å². The van der Waals surface area contributed by atoms with Crippen LogP contribution < -0.4 is 21.1 Å². The van der Waals surface area contributed by atoms with Gasteiger partial charge in [0.2, 0.25) is 11.8 Å². The summed E-state index contributed by atoms with van der Waals surface area (Å²) in [5, 5.41) is 5.10. The topological polar surface area (TPSA) is 111 Å². The summed E-state index contributed by atoms with van der Waals surface area (Å²) in [5.74, 6) is -0.832. The fourth-order valence-corrected chi connectivity index (χ4v) is 3.02. The Labute approximate surface area is 186 Å². The quantitative estimate of drug-likeness (QED) is 0.457. The molecule has 0 aliphatic carbocycles. The predicted molar refractivity (Wildman–Crippen MR) is 121 cm³/mol. The zero-order valence-electron chi connectivity index (χ0n) is 17.5. The Balaban J connectivity index is 1.49. The Kier molecular flexibility index (Phi) is 7.97. The van der Waals surface area contributed by atoms with Crippen LogP contribution in [-0.2, 0) is 22.6 Å². The van der Waals surface area contributed by atoms with Crippen molar-refractivity contribution in [3.05, 3.63) is 102 Å². The first-order valence-corrected chi connectivity index (χ1v) is 10.2. The number of primary amides is 1. The monoisotopic (exact) mass is 431 g/mol. The van der Waals surface area contributed by atoms with Crippen molar-refractivity contribution in [1.29, 1.82) is 0 Å². The van der Waals surface area contributed by atoms with Crippen molar-refractivity contribution >= 4 is 17.7 Å². The van der Waals surface area contributed by atoms with E-state index in [9.17, 15) is 14.4 Å². The largest absolute Gasteiger partial charge is 0.489 e. The summed E-state index contributed by atoms with van der Waals surface area (Å²) in [6.45, 7) is 0.193. The number of benzene rings is 3. The van der Waals surface area contributed by atoms with Gasteiger partial charge in [-0.15, -0.1) is 0 Å². The van der Waals surface area contributed by atoms with E-state index >= 15 is 0 Å². The molecule has 0 saturated carbocycles. The Hall–Kier alpha value is -4.13. The maximum absolute atomic E-state index is 12.2. The molecule has 0 unspecified atom stereocenters. The van der Waals surface area contributed by atoms with Crippen molar-refractivity contribution in [2.75, 3.05) is 6.54 Å². The van der Waals surface area contributed by atoms with E-state index in [0.29, 0.717) is 17.9 Å². The van der Waals surface area contributed by atoms with Crippen molar-refractivity contribution in [2.24, 2.45) is 5.73 Å². The molecule has 0 aromatic heterocycles. The van der Waals surface area contributed by atoms with E-state index in [0.717, 1.165) is 11.1 Å². The number of carbonyl (C=O) groups excluding carboxylic acids is 3. The van der Waals surface area contributed by atoms with E-state index < -0.39 is 17.9 Å². The fraction of sp³-hybridized carbons (Fsp3) is 0.160. The van der Waals surface area contributed by atoms with Crippen molar-refractivity contribution in [1.82, 2.24) is 10.6 Å². The van der Waals surface area contributed by atoms with E-state index in [1.165, 1.54) is 0 Å². The van der Waals surface area contributed by atoms with Crippen LogP contribution in [0.5, 0.6) is 5.75 Å². The number of amides is 3. The van der Waals surface area contributed by atoms with Gasteiger partial charge in [-0.1, -0.05) is 60.7 Å². The second kappa shape index (κ2) is 11.3. The summed E-state index contributed by atoms with van der Waals surface area (Å²) < 4.78 is 5.75. The first-order chi connectivity index (χ1) is 15.5. The third-order valence-electron chi connectivity index (χ3n) is 4.74. The minimum atomic E-state index is -0.896. The predicted octanol–water partition coefficient (Wildman–Crippen LogP) is 2.21. The van der Waals surface area contributed by atoms with Crippen LogP contribution in [-0.4, -0.2) is 30.3 Å². The van der Waals surface area contributed by atoms with Gasteiger partial charge < -0.3 is 21.1 Å². The molecule has 0 heterocycles. The average molecular weight is 431 g/mol. The summed E-state index contributed by atoms with van der Waals surface area (Å²) in [6, 6.07) is 24.7. The lowest BCUT2D eigenvalue weighted by Crippen LogP contribution is -2.49. The van der Waals surface area contributed by atoms with Crippen LogP contribution >= 0.6 is 0 Å². The molecule has 0 bridgehead atoms. The number of nitrogens with one attached hydrogen (secondary N) is 2. The van der Waals surface area contributed by atoms with Crippen molar-refractivity contribution in [3.63, 3.8) is 0 Å². The molecule has 0 fully saturated rings. The number of carbonyl (C=O) groups is 3. The molecule has 0 aliphatic rings. The van der Waals surface area contributed by atoms with Crippen LogP contribution in [0.3, 0.4) is 0 Å². The molecule has 1 atom stereocenters. The molecular weight excluding hydrogens is 406 g/mol. The van der Waals surface area contributed by atoms with E-state index in [1.807, 2.05) is 42.5 Å². The summed E-state index contributed by atoms with van der Waals surface area (Å²) in [5.41, 5.74) is 7.78. The van der Waals surface area contributed by atoms with Gasteiger partial charge in [-0.2, -0.15) is 0 Å². The summed E-state index contributed by atoms with van der Waals surface area (Å²) in [6.07, 6.45) is 0.229. The van der Waals surface area contributed by atoms with Gasteiger partial charge in [0.05, 0.1) is 6.54 Å². The minimum Gasteiger partial charge on any atom is -0.489 e. The maximum atomic E-state index is 12.2. The molecule has 0 radical (unpaired) electrons. The lowest BCUT2D eigenvalue weighted by atomic mass is 10.1. The number of nitrogens with two attached hydrogens (primary N) is 1. The Bertz CT molecular complexity index is 1040. The highest BCUT2D eigenvalue weighted by molar-refractivity contribution is 5.97. The number of hydrogen-bond donors (Lipinski definition) is 3. The van der Waals surface area contributed by atoms with Crippen LogP contribution in [0, 0.1) is 0 Å². The smallest absolute Gasteiger partial charge is 0.251 e. The lowest BCUT2D eigenvalue weighted by molar-refractivity contribution is -0.126. The molecule has 32 heavy (non-hydrogen) atoms. The zero-order valence-corrected chi connectivity index (χ0v) is 17.5. The molecule has 7 heteroatoms. The molecule has 0 spiro atoms. The van der Waals surface area contributed by atoms with Gasteiger partial charge in [0.25, 0.3) is 5.91 Å². The van der Waals surface area contributed by atoms with Gasteiger partial charge in [-0.3, -0.25) is 14.4 Å². The molecule has 4 N–H and O–H groups in total. The highest BCUT2D eigenvalue weighted by Crippen LogP contribution is 2.15. The van der Waals surface area contributed by atoms with Crippen molar-refractivity contribution in [3.8, 4) is 5.75 Å². The van der Waals surface area contributed by atoms with Crippen LogP contribution in [0.2, 0.25) is 0 Å². The fourth-order valence-electron chi connectivity index (χ4n) is 3.02. The molecule has 0 aliphatic heterocycles. The van der Waals surface area contributed by atoms with Gasteiger partial charge in [0, 0.05) is 12.0 Å². The van der Waals surface area contributed by atoms with E-state index in [1.54, 1.807) is 42.5 Å². The van der Waals surface area contributed by atoms with E-state index in [-0.39, 0.29) is 18.9 Å². The molecule has 3 rings (SSSR count). The Morgan fingerprint density at radius 2 is 1.44 bits per heavy atom. The number of rotatable bonds is 10. The van der Waals surface area contributed by atoms with Crippen LogP contribution in [0.15, 0.2) is 84.9 Å². The average Bonchev–Trinajstić information content (AvgIpc) is 2.82. The Morgan fingerprint density at radius 3 is 2.06 bits per heavy atom. The number of ether oxygens (including phenoxy) is 1. The van der Waals surface area contributed by atoms with Gasteiger partial charge >= 0.3 is 0 Å². The molecule has 3 aromatic carbocycles. The van der Waals surface area contributed by atoms with Gasteiger partial charge in [-0.25, -0.2) is 0 Å². The highest BCUT2D eigenvalue weighted by Gasteiger charge is 2.19. The number of hydrogen-bond acceptors (Lipinski definition) is 4. The summed E-state index contributed by atoms with van der Waals surface area (Å²) in [7, 11) is 0. The van der Waals surface area contributed by atoms with E-state index in [4.69, 9.17) is 10.5 Å². The van der Waals surface area contributed by atoms with Crippen LogP contribution in [0.25, 0.3) is 0 Å². The van der Waals surface area contributed by atoms with Crippen molar-refractivity contribution < 1.29 is 19.1 Å². The second-order valence-electron chi connectivity index (χ2n) is 7.19. The first kappa shape index (κ1) is 22.6. The van der Waals surface area contributed by atoms with Gasteiger partial charge in [-0.05, 0) is 35.4 Å². The highest BCUT2D eigenvalue weighted by atomic mass is 16.5. The third kappa shape index (κ3) is 6.98. The zero-order chi connectivity index (χ0) is 22.8. The molecule has 3 amide bonds.